The van der Waals surface area contributed by atoms with Crippen molar-refractivity contribution >= 4 is 19.9 Å². The molecule has 0 heterocycles. The molecule has 0 aromatic carbocycles. The Labute approximate surface area is 109 Å². The molecule has 0 aliphatic carbocycles. The monoisotopic (exact) mass is 283 g/mol. The minimum Gasteiger partial charge on any atom is -0.330 e. The zero-order valence-electron chi connectivity index (χ0n) is 10.4. The minimum absolute atomic E-state index is 0.495. The molecule has 0 amide bonds. The second kappa shape index (κ2) is 11.3. The van der Waals surface area contributed by atoms with Crippen LogP contribution in [0.25, 0.3) is 0 Å². The van der Waals surface area contributed by atoms with Gasteiger partial charge in [0.25, 0.3) is 0 Å². The van der Waals surface area contributed by atoms with Crippen LogP contribution in [0.3, 0.4) is 0 Å². The SMILES string of the molecule is NCCCCCCCCCCCSS(=O)(=O)O. The average Bonchev–Trinajstić information content (AvgIpc) is 2.24. The van der Waals surface area contributed by atoms with Crippen LogP contribution < -0.4 is 5.73 Å². The predicted octanol–water partition coefficient (Wildman–Crippen LogP) is 2.99. The van der Waals surface area contributed by atoms with Crippen molar-refractivity contribution < 1.29 is 13.0 Å². The van der Waals surface area contributed by atoms with Gasteiger partial charge in [0.05, 0.1) is 0 Å². The van der Waals surface area contributed by atoms with Crippen LogP contribution in [0, 0.1) is 0 Å². The van der Waals surface area contributed by atoms with Gasteiger partial charge in [-0.3, -0.25) is 4.55 Å². The first-order chi connectivity index (χ1) is 8.06. The Morgan fingerprint density at radius 2 is 1.24 bits per heavy atom. The Morgan fingerprint density at radius 3 is 1.65 bits per heavy atom. The lowest BCUT2D eigenvalue weighted by Gasteiger charge is -2.01. The molecule has 0 atom stereocenters. The number of nitrogens with two attached hydrogens (primary N) is 1. The molecule has 0 aliphatic rings. The summed E-state index contributed by atoms with van der Waals surface area (Å²) in [5, 5.41) is 0. The Hall–Kier alpha value is 0.220. The molecule has 0 radical (unpaired) electrons. The van der Waals surface area contributed by atoms with Gasteiger partial charge in [-0.25, -0.2) is 0 Å². The van der Waals surface area contributed by atoms with Crippen LogP contribution in [0.15, 0.2) is 0 Å². The fourth-order valence-electron chi connectivity index (χ4n) is 1.65. The first kappa shape index (κ1) is 17.2. The molecule has 0 saturated carbocycles. The van der Waals surface area contributed by atoms with Gasteiger partial charge >= 0.3 is 9.15 Å². The van der Waals surface area contributed by atoms with E-state index in [-0.39, 0.29) is 0 Å². The molecule has 0 saturated heterocycles. The van der Waals surface area contributed by atoms with Crippen LogP contribution in [0.4, 0.5) is 0 Å². The Bertz CT molecular complexity index is 255. The summed E-state index contributed by atoms with van der Waals surface area (Å²) in [6.07, 6.45) is 10.5. The third kappa shape index (κ3) is 16.2. The molecule has 17 heavy (non-hydrogen) atoms. The molecule has 0 aromatic rings. The van der Waals surface area contributed by atoms with Crippen molar-refractivity contribution in [1.82, 2.24) is 0 Å². The highest BCUT2D eigenvalue weighted by Crippen LogP contribution is 2.14. The van der Waals surface area contributed by atoms with E-state index in [1.54, 1.807) is 0 Å². The van der Waals surface area contributed by atoms with Crippen LogP contribution in [0.5, 0.6) is 0 Å². The van der Waals surface area contributed by atoms with Crippen LogP contribution in [-0.2, 0) is 9.15 Å². The molecule has 0 rings (SSSR count). The number of hydrogen-bond acceptors (Lipinski definition) is 4. The molecule has 6 heteroatoms. The molecule has 0 spiro atoms. The van der Waals surface area contributed by atoms with E-state index in [9.17, 15) is 8.42 Å². The second-order valence-corrected chi connectivity index (χ2v) is 7.69. The molecule has 0 unspecified atom stereocenters. The van der Waals surface area contributed by atoms with Crippen molar-refractivity contribution in [2.45, 2.75) is 57.8 Å². The number of unbranched alkanes of at least 4 members (excludes halogenated alkanes) is 8. The second-order valence-electron chi connectivity index (χ2n) is 4.22. The first-order valence-electron chi connectivity index (χ1n) is 6.38. The van der Waals surface area contributed by atoms with E-state index in [4.69, 9.17) is 10.3 Å². The topological polar surface area (TPSA) is 80.4 Å². The largest absolute Gasteiger partial charge is 0.330 e. The van der Waals surface area contributed by atoms with Gasteiger partial charge in [0.15, 0.2) is 0 Å². The molecular formula is C11H25NO3S2. The highest BCUT2D eigenvalue weighted by Gasteiger charge is 2.03. The highest BCUT2D eigenvalue weighted by atomic mass is 33.1. The summed E-state index contributed by atoms with van der Waals surface area (Å²) in [5.74, 6) is 0.495. The van der Waals surface area contributed by atoms with E-state index in [1.807, 2.05) is 0 Å². The van der Waals surface area contributed by atoms with Crippen LogP contribution in [-0.4, -0.2) is 25.3 Å². The quantitative estimate of drug-likeness (QED) is 0.327. The fourth-order valence-corrected chi connectivity index (χ4v) is 3.17. The summed E-state index contributed by atoms with van der Waals surface area (Å²) in [4.78, 5) is 0. The van der Waals surface area contributed by atoms with E-state index in [0.717, 1.165) is 32.2 Å². The summed E-state index contributed by atoms with van der Waals surface area (Å²) >= 11 is 0. The Morgan fingerprint density at radius 1 is 0.824 bits per heavy atom. The van der Waals surface area contributed by atoms with Crippen LogP contribution >= 0.6 is 10.8 Å². The minimum atomic E-state index is -3.83. The molecule has 0 aromatic heterocycles. The zero-order chi connectivity index (χ0) is 13.0. The van der Waals surface area contributed by atoms with E-state index in [1.165, 1.54) is 32.1 Å². The molecule has 3 N–H and O–H groups in total. The van der Waals surface area contributed by atoms with Crippen LogP contribution in [0.2, 0.25) is 0 Å². The molecule has 0 aliphatic heterocycles. The lowest BCUT2D eigenvalue weighted by Crippen LogP contribution is -1.97. The first-order valence-corrected chi connectivity index (χ1v) is 9.32. The van der Waals surface area contributed by atoms with Gasteiger partial charge in [-0.15, -0.1) is 0 Å². The molecular weight excluding hydrogens is 258 g/mol. The van der Waals surface area contributed by atoms with E-state index >= 15 is 0 Å². The highest BCUT2D eigenvalue weighted by molar-refractivity contribution is 8.69. The lowest BCUT2D eigenvalue weighted by atomic mass is 10.1. The van der Waals surface area contributed by atoms with Gasteiger partial charge in [-0.05, 0) is 30.2 Å². The normalized spacial score (nSPS) is 11.9. The van der Waals surface area contributed by atoms with Crippen molar-refractivity contribution in [3.63, 3.8) is 0 Å². The summed E-state index contributed by atoms with van der Waals surface area (Å²) in [7, 11) is -3.20. The zero-order valence-corrected chi connectivity index (χ0v) is 12.1. The predicted molar refractivity (Wildman–Crippen MR) is 74.6 cm³/mol. The van der Waals surface area contributed by atoms with Gasteiger partial charge in [0.1, 0.15) is 0 Å². The van der Waals surface area contributed by atoms with E-state index in [2.05, 4.69) is 0 Å². The molecule has 0 bridgehead atoms. The maximum Gasteiger partial charge on any atom is 0.319 e. The van der Waals surface area contributed by atoms with Crippen molar-refractivity contribution in [2.24, 2.45) is 5.73 Å². The molecule has 0 fully saturated rings. The van der Waals surface area contributed by atoms with Crippen molar-refractivity contribution in [3.8, 4) is 0 Å². The van der Waals surface area contributed by atoms with Gasteiger partial charge in [0, 0.05) is 5.75 Å². The van der Waals surface area contributed by atoms with E-state index in [0.29, 0.717) is 16.5 Å². The Balaban J connectivity index is 3.04. The van der Waals surface area contributed by atoms with Gasteiger partial charge in [-0.1, -0.05) is 44.9 Å². The molecule has 104 valence electrons. The summed E-state index contributed by atoms with van der Waals surface area (Å²) < 4.78 is 29.3. The van der Waals surface area contributed by atoms with Gasteiger partial charge in [-0.2, -0.15) is 8.42 Å². The average molecular weight is 283 g/mol. The smallest absolute Gasteiger partial charge is 0.319 e. The number of hydrogen-bond donors (Lipinski definition) is 2. The maximum absolute atomic E-state index is 10.4. The van der Waals surface area contributed by atoms with Crippen molar-refractivity contribution in [1.29, 1.82) is 0 Å². The lowest BCUT2D eigenvalue weighted by molar-refractivity contribution is 0.503. The summed E-state index contributed by atoms with van der Waals surface area (Å²) in [6, 6.07) is 0. The van der Waals surface area contributed by atoms with Crippen molar-refractivity contribution in [3.05, 3.63) is 0 Å². The third-order valence-corrected chi connectivity index (χ3v) is 4.73. The third-order valence-electron chi connectivity index (χ3n) is 2.58. The molecule has 4 nitrogen and oxygen atoms in total. The van der Waals surface area contributed by atoms with E-state index < -0.39 is 9.15 Å². The summed E-state index contributed by atoms with van der Waals surface area (Å²) in [6.45, 7) is 0.797. The number of rotatable bonds is 12. The standard InChI is InChI=1S/C11H25NO3S2/c12-10-8-6-4-2-1-3-5-7-9-11-16-17(13,14)15/h1-12H2,(H,13,14,15). The van der Waals surface area contributed by atoms with Crippen LogP contribution in [0.1, 0.15) is 57.8 Å². The summed E-state index contributed by atoms with van der Waals surface area (Å²) in [5.41, 5.74) is 5.41. The maximum atomic E-state index is 10.4. The fraction of sp³-hybridized carbons (Fsp3) is 1.00. The Kier molecular flexibility index (Phi) is 11.5. The van der Waals surface area contributed by atoms with Gasteiger partial charge in [0.2, 0.25) is 0 Å². The van der Waals surface area contributed by atoms with Crippen molar-refractivity contribution in [2.75, 3.05) is 12.3 Å². The van der Waals surface area contributed by atoms with Gasteiger partial charge < -0.3 is 5.73 Å².